The summed E-state index contributed by atoms with van der Waals surface area (Å²) in [6, 6.07) is 10.2. The molecule has 1 fully saturated rings. The van der Waals surface area contributed by atoms with Crippen LogP contribution in [-0.2, 0) is 21.2 Å². The van der Waals surface area contributed by atoms with E-state index in [2.05, 4.69) is 0 Å². The molecule has 1 saturated heterocycles. The maximum atomic E-state index is 13.4. The summed E-state index contributed by atoms with van der Waals surface area (Å²) in [5, 5.41) is 0.116. The van der Waals surface area contributed by atoms with Crippen molar-refractivity contribution in [2.24, 2.45) is 0 Å². The van der Waals surface area contributed by atoms with Crippen molar-refractivity contribution in [3.8, 4) is 0 Å². The number of sulfonamides is 1. The van der Waals surface area contributed by atoms with Crippen LogP contribution in [0.4, 0.5) is 5.69 Å². The minimum absolute atomic E-state index is 0.00656. The van der Waals surface area contributed by atoms with Gasteiger partial charge >= 0.3 is 0 Å². The molecule has 0 bridgehead atoms. The zero-order valence-corrected chi connectivity index (χ0v) is 18.1. The first-order chi connectivity index (χ1) is 13.8. The molecule has 1 atom stereocenters. The second-order valence-electron chi connectivity index (χ2n) is 7.14. The van der Waals surface area contributed by atoms with Crippen molar-refractivity contribution in [1.82, 2.24) is 4.31 Å². The number of hydrogen-bond donors (Lipinski definition) is 0. The van der Waals surface area contributed by atoms with E-state index in [-0.39, 0.29) is 45.5 Å². The predicted octanol–water partition coefficient (Wildman–Crippen LogP) is 3.61. The summed E-state index contributed by atoms with van der Waals surface area (Å²) >= 11 is 12.6. The van der Waals surface area contributed by atoms with E-state index < -0.39 is 10.0 Å². The van der Waals surface area contributed by atoms with Crippen LogP contribution >= 0.6 is 23.2 Å². The molecule has 154 valence electrons. The fourth-order valence-electron chi connectivity index (χ4n) is 3.82. The van der Waals surface area contributed by atoms with Gasteiger partial charge in [-0.15, -0.1) is 0 Å². The van der Waals surface area contributed by atoms with E-state index in [0.29, 0.717) is 13.2 Å². The van der Waals surface area contributed by atoms with Crippen LogP contribution in [0.3, 0.4) is 0 Å². The van der Waals surface area contributed by atoms with E-state index >= 15 is 0 Å². The van der Waals surface area contributed by atoms with Crippen LogP contribution in [0.2, 0.25) is 10.0 Å². The lowest BCUT2D eigenvalue weighted by molar-refractivity contribution is 0.0730. The molecular weight excluding hydrogens is 435 g/mol. The number of carbonyl (C=O) groups is 1. The Bertz CT molecular complexity index is 1070. The molecule has 0 N–H and O–H groups in total. The Morgan fingerprint density at radius 2 is 1.79 bits per heavy atom. The van der Waals surface area contributed by atoms with Crippen LogP contribution in [-0.4, -0.2) is 51.0 Å². The van der Waals surface area contributed by atoms with E-state index in [1.807, 2.05) is 31.2 Å². The maximum absolute atomic E-state index is 13.4. The quantitative estimate of drug-likeness (QED) is 0.710. The normalized spacial score (nSPS) is 20.0. The van der Waals surface area contributed by atoms with Gasteiger partial charge in [-0.1, -0.05) is 41.4 Å². The summed E-state index contributed by atoms with van der Waals surface area (Å²) in [6.45, 7) is 3.06. The highest BCUT2D eigenvalue weighted by Crippen LogP contribution is 2.36. The van der Waals surface area contributed by atoms with Crippen LogP contribution in [0.25, 0.3) is 0 Å². The van der Waals surface area contributed by atoms with Gasteiger partial charge in [0, 0.05) is 24.8 Å². The van der Waals surface area contributed by atoms with Crippen molar-refractivity contribution in [2.75, 3.05) is 31.2 Å². The van der Waals surface area contributed by atoms with Crippen LogP contribution < -0.4 is 4.90 Å². The SMILES string of the molecule is CC1Cc2ccccc2N1C(=O)c1cc(S(=O)(=O)N2CCOCC2)c(Cl)cc1Cl. The number of benzene rings is 2. The number of para-hydroxylation sites is 1. The lowest BCUT2D eigenvalue weighted by Gasteiger charge is -2.27. The van der Waals surface area contributed by atoms with E-state index in [9.17, 15) is 13.2 Å². The van der Waals surface area contributed by atoms with E-state index in [1.165, 1.54) is 16.4 Å². The molecule has 29 heavy (non-hydrogen) atoms. The van der Waals surface area contributed by atoms with Crippen molar-refractivity contribution in [3.05, 3.63) is 57.6 Å². The third kappa shape index (κ3) is 3.66. The Hall–Kier alpha value is -1.64. The van der Waals surface area contributed by atoms with Crippen LogP contribution in [0.1, 0.15) is 22.8 Å². The summed E-state index contributed by atoms with van der Waals surface area (Å²) in [4.78, 5) is 14.9. The molecule has 2 aromatic carbocycles. The first kappa shape index (κ1) is 20.6. The second kappa shape index (κ2) is 7.89. The molecule has 0 aliphatic carbocycles. The average Bonchev–Trinajstić information content (AvgIpc) is 3.03. The lowest BCUT2D eigenvalue weighted by atomic mass is 10.1. The minimum Gasteiger partial charge on any atom is -0.379 e. The Balaban J connectivity index is 1.75. The average molecular weight is 455 g/mol. The van der Waals surface area contributed by atoms with Crippen molar-refractivity contribution >= 4 is 44.8 Å². The van der Waals surface area contributed by atoms with E-state index in [1.54, 1.807) is 4.90 Å². The molecule has 2 aromatic rings. The van der Waals surface area contributed by atoms with Crippen molar-refractivity contribution in [2.45, 2.75) is 24.3 Å². The van der Waals surface area contributed by atoms with E-state index in [4.69, 9.17) is 27.9 Å². The number of hydrogen-bond acceptors (Lipinski definition) is 4. The van der Waals surface area contributed by atoms with Gasteiger partial charge < -0.3 is 9.64 Å². The first-order valence-corrected chi connectivity index (χ1v) is 11.5. The zero-order valence-electron chi connectivity index (χ0n) is 15.8. The van der Waals surface area contributed by atoms with Crippen LogP contribution in [0.15, 0.2) is 41.3 Å². The number of nitrogens with zero attached hydrogens (tertiary/aromatic N) is 2. The number of anilines is 1. The van der Waals surface area contributed by atoms with Gasteiger partial charge in [0.15, 0.2) is 0 Å². The first-order valence-electron chi connectivity index (χ1n) is 9.29. The van der Waals surface area contributed by atoms with Gasteiger partial charge in [-0.3, -0.25) is 4.79 Å². The van der Waals surface area contributed by atoms with E-state index in [0.717, 1.165) is 17.7 Å². The van der Waals surface area contributed by atoms with Gasteiger partial charge in [-0.2, -0.15) is 4.31 Å². The molecule has 0 radical (unpaired) electrons. The van der Waals surface area contributed by atoms with Crippen LogP contribution in [0, 0.1) is 0 Å². The predicted molar refractivity (Wildman–Crippen MR) is 112 cm³/mol. The molecule has 1 amide bonds. The largest absolute Gasteiger partial charge is 0.379 e. The maximum Gasteiger partial charge on any atom is 0.260 e. The molecule has 1 unspecified atom stereocenters. The van der Waals surface area contributed by atoms with Gasteiger partial charge in [0.2, 0.25) is 10.0 Å². The number of amides is 1. The number of morpholine rings is 1. The molecule has 0 aromatic heterocycles. The number of fused-ring (bicyclic) bond motifs is 1. The smallest absolute Gasteiger partial charge is 0.260 e. The molecule has 6 nitrogen and oxygen atoms in total. The summed E-state index contributed by atoms with van der Waals surface area (Å²) < 4.78 is 32.7. The minimum atomic E-state index is -3.87. The molecule has 9 heteroatoms. The highest BCUT2D eigenvalue weighted by molar-refractivity contribution is 7.89. The number of ether oxygens (including phenoxy) is 1. The van der Waals surface area contributed by atoms with Gasteiger partial charge in [-0.25, -0.2) is 8.42 Å². The standard InChI is InChI=1S/C20H20Cl2N2O4S/c1-13-10-14-4-2-3-5-18(14)24(13)20(25)15-11-19(17(22)12-16(15)21)29(26,27)23-6-8-28-9-7-23/h2-5,11-13H,6-10H2,1H3. The van der Waals surface area contributed by atoms with Gasteiger partial charge in [0.25, 0.3) is 5.91 Å². The second-order valence-corrected chi connectivity index (χ2v) is 9.86. The molecule has 0 saturated carbocycles. The van der Waals surface area contributed by atoms with Gasteiger partial charge in [-0.05, 0) is 37.1 Å². The molecule has 0 spiro atoms. The third-order valence-electron chi connectivity index (χ3n) is 5.27. The number of carbonyl (C=O) groups excluding carboxylic acids is 1. The summed E-state index contributed by atoms with van der Waals surface area (Å²) in [5.41, 5.74) is 2.00. The Kier molecular flexibility index (Phi) is 5.61. The number of halogens is 2. The third-order valence-corrected chi connectivity index (χ3v) is 7.94. The van der Waals surface area contributed by atoms with Crippen molar-refractivity contribution in [1.29, 1.82) is 0 Å². The molecule has 4 rings (SSSR count). The number of rotatable bonds is 3. The summed E-state index contributed by atoms with van der Waals surface area (Å²) in [6.07, 6.45) is 0.728. The lowest BCUT2D eigenvalue weighted by Crippen LogP contribution is -2.41. The molecule has 2 aliphatic heterocycles. The fraction of sp³-hybridized carbons (Fsp3) is 0.350. The van der Waals surface area contributed by atoms with Crippen molar-refractivity contribution in [3.63, 3.8) is 0 Å². The zero-order chi connectivity index (χ0) is 20.8. The van der Waals surface area contributed by atoms with Crippen molar-refractivity contribution < 1.29 is 17.9 Å². The summed E-state index contributed by atoms with van der Waals surface area (Å²) in [7, 11) is -3.87. The molecule has 2 heterocycles. The van der Waals surface area contributed by atoms with Crippen LogP contribution in [0.5, 0.6) is 0 Å². The van der Waals surface area contributed by atoms with Gasteiger partial charge in [0.05, 0.1) is 28.8 Å². The monoisotopic (exact) mass is 454 g/mol. The highest BCUT2D eigenvalue weighted by atomic mass is 35.5. The molecule has 2 aliphatic rings. The summed E-state index contributed by atoms with van der Waals surface area (Å²) in [5.74, 6) is -0.345. The Morgan fingerprint density at radius 1 is 1.10 bits per heavy atom. The Morgan fingerprint density at radius 3 is 2.52 bits per heavy atom. The van der Waals surface area contributed by atoms with Gasteiger partial charge in [0.1, 0.15) is 4.90 Å². The Labute approximate surface area is 180 Å². The molecular formula is C20H20Cl2N2O4S. The topological polar surface area (TPSA) is 66.9 Å². The fourth-order valence-corrected chi connectivity index (χ4v) is 6.06. The highest BCUT2D eigenvalue weighted by Gasteiger charge is 2.34.